The number of H-pyrrole nitrogens is 2. The zero-order valence-corrected chi connectivity index (χ0v) is 17.6. The van der Waals surface area contributed by atoms with Crippen LogP contribution >= 0.6 is 0 Å². The molecule has 0 spiro atoms. The maximum Gasteiger partial charge on any atom is 0.329 e. The lowest BCUT2D eigenvalue weighted by molar-refractivity contribution is -0.116. The minimum absolute atomic E-state index is 0.240. The molecule has 1 aliphatic rings. The van der Waals surface area contributed by atoms with Crippen LogP contribution in [0.5, 0.6) is 11.5 Å². The molecule has 1 unspecified atom stereocenters. The monoisotopic (exact) mass is 432 g/mol. The second kappa shape index (κ2) is 7.16. The number of hydrogen-bond acceptors (Lipinski definition) is 5. The second-order valence-corrected chi connectivity index (χ2v) is 7.53. The summed E-state index contributed by atoms with van der Waals surface area (Å²) in [5.74, 6) is 0.0733. The number of carbonyl (C=O) groups excluding carboxylic acids is 1. The van der Waals surface area contributed by atoms with E-state index in [1.54, 1.807) is 32.4 Å². The number of fused-ring (bicyclic) bond motifs is 2. The van der Waals surface area contributed by atoms with Crippen LogP contribution in [0.4, 0.5) is 5.69 Å². The summed E-state index contributed by atoms with van der Waals surface area (Å²) in [5, 5.41) is 3.13. The standard InChI is InChI=1S/C23H20N4O5/c1-27-20-18(22(29)26-23(27)30)17(16-12-6-4-5-7-14(12)24-21(16)28)19(25-20)13-10-11(31-2)8-9-15(13)32-3/h4-10,16,25H,1-3H3,(H,24,28)(H,26,29,30). The molecular formula is C23H20N4O5. The zero-order valence-electron chi connectivity index (χ0n) is 17.6. The Morgan fingerprint density at radius 2 is 1.75 bits per heavy atom. The van der Waals surface area contributed by atoms with Gasteiger partial charge in [-0.25, -0.2) is 4.79 Å². The molecule has 9 heteroatoms. The first-order valence-electron chi connectivity index (χ1n) is 9.91. The molecule has 0 radical (unpaired) electrons. The van der Waals surface area contributed by atoms with Gasteiger partial charge in [-0.15, -0.1) is 0 Å². The first kappa shape index (κ1) is 19.7. The third-order valence-electron chi connectivity index (χ3n) is 5.86. The molecule has 5 rings (SSSR count). The molecule has 1 aliphatic heterocycles. The van der Waals surface area contributed by atoms with Crippen molar-refractivity contribution in [1.82, 2.24) is 14.5 Å². The van der Waals surface area contributed by atoms with Crippen LogP contribution in [-0.2, 0) is 11.8 Å². The summed E-state index contributed by atoms with van der Waals surface area (Å²) < 4.78 is 12.3. The Morgan fingerprint density at radius 3 is 2.50 bits per heavy atom. The number of aryl methyl sites for hydroxylation is 1. The lowest BCUT2D eigenvalue weighted by Gasteiger charge is -2.14. The van der Waals surface area contributed by atoms with Crippen molar-refractivity contribution >= 4 is 22.6 Å². The Kier molecular flexibility index (Phi) is 4.40. The fourth-order valence-electron chi connectivity index (χ4n) is 4.33. The van der Waals surface area contributed by atoms with Gasteiger partial charge in [0.25, 0.3) is 5.56 Å². The topological polar surface area (TPSA) is 118 Å². The molecule has 0 saturated carbocycles. The van der Waals surface area contributed by atoms with E-state index in [4.69, 9.17) is 9.47 Å². The number of amides is 1. The van der Waals surface area contributed by atoms with Crippen molar-refractivity contribution in [3.63, 3.8) is 0 Å². The molecule has 1 atom stereocenters. The van der Waals surface area contributed by atoms with Gasteiger partial charge in [0.1, 0.15) is 17.1 Å². The van der Waals surface area contributed by atoms with E-state index in [2.05, 4.69) is 15.3 Å². The van der Waals surface area contributed by atoms with Gasteiger partial charge in [0.2, 0.25) is 5.91 Å². The zero-order chi connectivity index (χ0) is 22.6. The number of aromatic nitrogens is 3. The van der Waals surface area contributed by atoms with Gasteiger partial charge in [0.05, 0.1) is 31.2 Å². The Hall–Kier alpha value is -4.27. The first-order valence-corrected chi connectivity index (χ1v) is 9.91. The van der Waals surface area contributed by atoms with Gasteiger partial charge in [-0.05, 0) is 29.8 Å². The fraction of sp³-hybridized carbons (Fsp3) is 0.174. The molecule has 2 aromatic carbocycles. The summed E-state index contributed by atoms with van der Waals surface area (Å²) in [6.45, 7) is 0. The largest absolute Gasteiger partial charge is 0.497 e. The van der Waals surface area contributed by atoms with E-state index < -0.39 is 17.2 Å². The average Bonchev–Trinajstić information content (AvgIpc) is 3.34. The van der Waals surface area contributed by atoms with Crippen molar-refractivity contribution in [1.29, 1.82) is 0 Å². The van der Waals surface area contributed by atoms with Gasteiger partial charge in [0, 0.05) is 23.9 Å². The highest BCUT2D eigenvalue weighted by atomic mass is 16.5. The van der Waals surface area contributed by atoms with Crippen LogP contribution in [0.15, 0.2) is 52.1 Å². The molecule has 0 saturated heterocycles. The van der Waals surface area contributed by atoms with Crippen LogP contribution in [-0.4, -0.2) is 34.7 Å². The third-order valence-corrected chi connectivity index (χ3v) is 5.86. The molecule has 4 aromatic rings. The van der Waals surface area contributed by atoms with Crippen LogP contribution < -0.4 is 26.0 Å². The lowest BCUT2D eigenvalue weighted by atomic mass is 9.89. The van der Waals surface area contributed by atoms with Crippen molar-refractivity contribution in [3.8, 4) is 22.8 Å². The molecule has 3 heterocycles. The van der Waals surface area contributed by atoms with Crippen molar-refractivity contribution in [3.05, 3.63) is 74.4 Å². The van der Waals surface area contributed by atoms with Gasteiger partial charge in [-0.1, -0.05) is 18.2 Å². The number of anilines is 1. The van der Waals surface area contributed by atoms with E-state index in [9.17, 15) is 14.4 Å². The minimum atomic E-state index is -0.760. The highest BCUT2D eigenvalue weighted by Gasteiger charge is 2.37. The Labute approximate surface area is 181 Å². The number of rotatable bonds is 4. The summed E-state index contributed by atoms with van der Waals surface area (Å²) >= 11 is 0. The number of benzene rings is 2. The van der Waals surface area contributed by atoms with Gasteiger partial charge >= 0.3 is 5.69 Å². The van der Waals surface area contributed by atoms with Crippen LogP contribution in [0.3, 0.4) is 0 Å². The Balaban J connectivity index is 1.94. The Morgan fingerprint density at radius 1 is 0.969 bits per heavy atom. The number of nitrogens with zero attached hydrogens (tertiary/aromatic N) is 1. The van der Waals surface area contributed by atoms with E-state index in [0.717, 1.165) is 5.56 Å². The summed E-state index contributed by atoms with van der Waals surface area (Å²) in [4.78, 5) is 44.0. The molecule has 32 heavy (non-hydrogen) atoms. The second-order valence-electron chi connectivity index (χ2n) is 7.53. The quantitative estimate of drug-likeness (QED) is 0.457. The van der Waals surface area contributed by atoms with E-state index in [1.807, 2.05) is 24.3 Å². The summed E-state index contributed by atoms with van der Waals surface area (Å²) in [5.41, 5.74) is 2.17. The normalized spacial score (nSPS) is 15.0. The molecule has 3 N–H and O–H groups in total. The predicted molar refractivity (Wildman–Crippen MR) is 120 cm³/mol. The third kappa shape index (κ3) is 2.74. The van der Waals surface area contributed by atoms with E-state index in [1.165, 1.54) is 11.7 Å². The molecule has 0 bridgehead atoms. The van der Waals surface area contributed by atoms with E-state index in [-0.39, 0.29) is 11.3 Å². The molecule has 0 fully saturated rings. The predicted octanol–water partition coefficient (Wildman–Crippen LogP) is 2.32. The van der Waals surface area contributed by atoms with Crippen molar-refractivity contribution in [2.24, 2.45) is 7.05 Å². The number of carbonyl (C=O) groups is 1. The summed E-state index contributed by atoms with van der Waals surface area (Å²) in [6.07, 6.45) is 0. The number of methoxy groups -OCH3 is 2. The highest BCUT2D eigenvalue weighted by molar-refractivity contribution is 6.09. The van der Waals surface area contributed by atoms with Gasteiger partial charge in [-0.2, -0.15) is 0 Å². The molecular weight excluding hydrogens is 412 g/mol. The average molecular weight is 432 g/mol. The first-order chi connectivity index (χ1) is 15.4. The van der Waals surface area contributed by atoms with E-state index >= 15 is 0 Å². The van der Waals surface area contributed by atoms with Gasteiger partial charge < -0.3 is 19.8 Å². The Bertz CT molecular complexity index is 1510. The smallest absolute Gasteiger partial charge is 0.329 e. The summed E-state index contributed by atoms with van der Waals surface area (Å²) in [7, 11) is 4.64. The SMILES string of the molecule is COc1ccc(OC)c(-c2[nH]c3c(c2C2C(=O)Nc4ccccc42)c(=O)[nH]c(=O)n3C)c1. The van der Waals surface area contributed by atoms with Crippen LogP contribution in [0, 0.1) is 0 Å². The lowest BCUT2D eigenvalue weighted by Crippen LogP contribution is -2.28. The van der Waals surface area contributed by atoms with Gasteiger partial charge in [-0.3, -0.25) is 19.1 Å². The van der Waals surface area contributed by atoms with Crippen molar-refractivity contribution in [2.45, 2.75) is 5.92 Å². The van der Waals surface area contributed by atoms with E-state index in [0.29, 0.717) is 39.7 Å². The maximum absolute atomic E-state index is 13.1. The number of aromatic amines is 2. The number of para-hydroxylation sites is 1. The molecule has 162 valence electrons. The van der Waals surface area contributed by atoms with Crippen LogP contribution in [0.25, 0.3) is 22.3 Å². The maximum atomic E-state index is 13.1. The van der Waals surface area contributed by atoms with Crippen LogP contribution in [0.1, 0.15) is 17.0 Å². The van der Waals surface area contributed by atoms with Crippen molar-refractivity contribution < 1.29 is 14.3 Å². The molecule has 9 nitrogen and oxygen atoms in total. The number of nitrogens with one attached hydrogen (secondary N) is 3. The minimum Gasteiger partial charge on any atom is -0.497 e. The fourth-order valence-corrected chi connectivity index (χ4v) is 4.33. The highest BCUT2D eigenvalue weighted by Crippen LogP contribution is 2.45. The molecule has 0 aliphatic carbocycles. The molecule has 1 amide bonds. The van der Waals surface area contributed by atoms with Crippen molar-refractivity contribution in [2.75, 3.05) is 19.5 Å². The molecule has 2 aromatic heterocycles. The number of ether oxygens (including phenoxy) is 2. The van der Waals surface area contributed by atoms with Crippen LogP contribution in [0.2, 0.25) is 0 Å². The summed E-state index contributed by atoms with van der Waals surface area (Å²) in [6, 6.07) is 12.6. The van der Waals surface area contributed by atoms with Gasteiger partial charge in [0.15, 0.2) is 0 Å². The number of hydrogen-bond donors (Lipinski definition) is 3.